The summed E-state index contributed by atoms with van der Waals surface area (Å²) in [7, 11) is 0. The van der Waals surface area contributed by atoms with E-state index < -0.39 is 0 Å². The van der Waals surface area contributed by atoms with Crippen molar-refractivity contribution in [2.45, 2.75) is 19.3 Å². The molecule has 0 atom stereocenters. The number of amides is 1. The standard InChI is InChI=1S/C9H16ClNOS/c1-13-6-8(12)11-7-9(2-3-9)4-5-10/h2-7H2,1H3,(H,11,12). The van der Waals surface area contributed by atoms with E-state index >= 15 is 0 Å². The van der Waals surface area contributed by atoms with E-state index in [1.54, 1.807) is 11.8 Å². The molecular weight excluding hydrogens is 206 g/mol. The zero-order valence-corrected chi connectivity index (χ0v) is 9.51. The Hall–Kier alpha value is 0.110. The summed E-state index contributed by atoms with van der Waals surface area (Å²) in [5.41, 5.74) is 0.357. The van der Waals surface area contributed by atoms with Crippen LogP contribution in [0.3, 0.4) is 0 Å². The van der Waals surface area contributed by atoms with Crippen LogP contribution in [0, 0.1) is 5.41 Å². The number of nitrogens with one attached hydrogen (secondary N) is 1. The lowest BCUT2D eigenvalue weighted by Crippen LogP contribution is -2.31. The molecule has 0 spiro atoms. The summed E-state index contributed by atoms with van der Waals surface area (Å²) in [6, 6.07) is 0. The number of alkyl halides is 1. The molecule has 0 aromatic heterocycles. The maximum atomic E-state index is 11.2. The van der Waals surface area contributed by atoms with Gasteiger partial charge in [0.1, 0.15) is 0 Å². The highest BCUT2D eigenvalue weighted by Crippen LogP contribution is 2.48. The van der Waals surface area contributed by atoms with E-state index in [1.807, 2.05) is 6.26 Å². The van der Waals surface area contributed by atoms with Crippen molar-refractivity contribution in [1.29, 1.82) is 0 Å². The minimum atomic E-state index is 0.147. The van der Waals surface area contributed by atoms with Crippen molar-refractivity contribution in [3.8, 4) is 0 Å². The van der Waals surface area contributed by atoms with E-state index in [2.05, 4.69) is 5.32 Å². The predicted octanol–water partition coefficient (Wildman–Crippen LogP) is 1.87. The molecule has 0 bridgehead atoms. The van der Waals surface area contributed by atoms with Gasteiger partial charge >= 0.3 is 0 Å². The molecule has 0 unspecified atom stereocenters. The molecule has 1 saturated carbocycles. The van der Waals surface area contributed by atoms with Gasteiger partial charge in [0.15, 0.2) is 0 Å². The van der Waals surface area contributed by atoms with Crippen molar-refractivity contribution < 1.29 is 4.79 Å². The lowest BCUT2D eigenvalue weighted by Gasteiger charge is -2.13. The van der Waals surface area contributed by atoms with E-state index in [1.165, 1.54) is 12.8 Å². The average Bonchev–Trinajstić information content (AvgIpc) is 2.84. The van der Waals surface area contributed by atoms with Crippen LogP contribution in [0.1, 0.15) is 19.3 Å². The van der Waals surface area contributed by atoms with Crippen LogP contribution in [-0.2, 0) is 4.79 Å². The average molecular weight is 222 g/mol. The number of hydrogen-bond donors (Lipinski definition) is 1. The summed E-state index contributed by atoms with van der Waals surface area (Å²) in [5.74, 6) is 1.42. The van der Waals surface area contributed by atoms with Gasteiger partial charge in [0.25, 0.3) is 0 Å². The summed E-state index contributed by atoms with van der Waals surface area (Å²) >= 11 is 7.24. The van der Waals surface area contributed by atoms with Crippen LogP contribution in [0.2, 0.25) is 0 Å². The minimum Gasteiger partial charge on any atom is -0.355 e. The summed E-state index contributed by atoms with van der Waals surface area (Å²) in [6.07, 6.45) is 5.41. The predicted molar refractivity (Wildman–Crippen MR) is 58.4 cm³/mol. The van der Waals surface area contributed by atoms with E-state index in [-0.39, 0.29) is 5.91 Å². The fraction of sp³-hybridized carbons (Fsp3) is 0.889. The van der Waals surface area contributed by atoms with Gasteiger partial charge in [0.2, 0.25) is 5.91 Å². The number of hydrogen-bond acceptors (Lipinski definition) is 2. The van der Waals surface area contributed by atoms with Crippen LogP contribution < -0.4 is 5.32 Å². The smallest absolute Gasteiger partial charge is 0.230 e. The summed E-state index contributed by atoms with van der Waals surface area (Å²) in [6.45, 7) is 0.819. The molecule has 1 fully saturated rings. The molecule has 1 rings (SSSR count). The molecule has 0 aromatic carbocycles. The third kappa shape index (κ3) is 3.77. The molecule has 0 saturated heterocycles. The third-order valence-electron chi connectivity index (χ3n) is 2.52. The van der Waals surface area contributed by atoms with Gasteiger partial charge < -0.3 is 5.32 Å². The Morgan fingerprint density at radius 2 is 2.31 bits per heavy atom. The lowest BCUT2D eigenvalue weighted by atomic mass is 10.0. The highest BCUT2D eigenvalue weighted by Gasteiger charge is 2.41. The summed E-state index contributed by atoms with van der Waals surface area (Å²) < 4.78 is 0. The Labute approximate surface area is 88.8 Å². The van der Waals surface area contributed by atoms with E-state index in [0.29, 0.717) is 17.0 Å². The summed E-state index contributed by atoms with van der Waals surface area (Å²) in [5, 5.41) is 2.95. The van der Waals surface area contributed by atoms with Crippen molar-refractivity contribution in [1.82, 2.24) is 5.32 Å². The topological polar surface area (TPSA) is 29.1 Å². The van der Waals surface area contributed by atoms with Gasteiger partial charge in [-0.25, -0.2) is 0 Å². The first-order chi connectivity index (χ1) is 6.22. The van der Waals surface area contributed by atoms with Gasteiger partial charge in [-0.05, 0) is 30.9 Å². The van der Waals surface area contributed by atoms with Crippen LogP contribution in [0.5, 0.6) is 0 Å². The highest BCUT2D eigenvalue weighted by molar-refractivity contribution is 7.99. The Balaban J connectivity index is 2.14. The molecule has 0 aromatic rings. The molecule has 0 radical (unpaired) electrons. The first-order valence-electron chi connectivity index (χ1n) is 4.54. The lowest BCUT2D eigenvalue weighted by molar-refractivity contribution is -0.118. The second-order valence-corrected chi connectivity index (χ2v) is 4.89. The quantitative estimate of drug-likeness (QED) is 0.694. The van der Waals surface area contributed by atoms with Crippen LogP contribution in [0.4, 0.5) is 0 Å². The SMILES string of the molecule is CSCC(=O)NCC1(CCCl)CC1. The molecule has 13 heavy (non-hydrogen) atoms. The number of rotatable bonds is 6. The number of thioether (sulfide) groups is 1. The van der Waals surface area contributed by atoms with Crippen molar-refractivity contribution in [2.75, 3.05) is 24.4 Å². The summed E-state index contributed by atoms with van der Waals surface area (Å²) in [4.78, 5) is 11.2. The molecule has 1 amide bonds. The van der Waals surface area contributed by atoms with E-state index in [4.69, 9.17) is 11.6 Å². The van der Waals surface area contributed by atoms with Gasteiger partial charge in [-0.3, -0.25) is 4.79 Å². The monoisotopic (exact) mass is 221 g/mol. The maximum absolute atomic E-state index is 11.2. The Kier molecular flexibility index (Phi) is 4.39. The minimum absolute atomic E-state index is 0.147. The molecule has 0 aliphatic heterocycles. The molecule has 1 aliphatic rings. The number of carbonyl (C=O) groups is 1. The first-order valence-corrected chi connectivity index (χ1v) is 6.47. The second-order valence-electron chi connectivity index (χ2n) is 3.65. The zero-order chi connectivity index (χ0) is 9.73. The molecule has 1 N–H and O–H groups in total. The maximum Gasteiger partial charge on any atom is 0.230 e. The molecule has 2 nitrogen and oxygen atoms in total. The van der Waals surface area contributed by atoms with Gasteiger partial charge in [0, 0.05) is 12.4 Å². The van der Waals surface area contributed by atoms with Crippen LogP contribution in [-0.4, -0.2) is 30.3 Å². The van der Waals surface area contributed by atoms with Crippen molar-refractivity contribution in [3.05, 3.63) is 0 Å². The fourth-order valence-corrected chi connectivity index (χ4v) is 2.13. The molecule has 1 aliphatic carbocycles. The van der Waals surface area contributed by atoms with E-state index in [0.717, 1.165) is 13.0 Å². The molecule has 76 valence electrons. The van der Waals surface area contributed by atoms with Crippen molar-refractivity contribution in [3.63, 3.8) is 0 Å². The van der Waals surface area contributed by atoms with E-state index in [9.17, 15) is 4.79 Å². The third-order valence-corrected chi connectivity index (χ3v) is 3.26. The van der Waals surface area contributed by atoms with Gasteiger partial charge in [0.05, 0.1) is 5.75 Å². The van der Waals surface area contributed by atoms with Gasteiger partial charge in [-0.15, -0.1) is 11.6 Å². The second kappa shape index (κ2) is 5.11. The van der Waals surface area contributed by atoms with Crippen LogP contribution in [0.15, 0.2) is 0 Å². The van der Waals surface area contributed by atoms with Gasteiger partial charge in [-0.1, -0.05) is 0 Å². The number of carbonyl (C=O) groups excluding carboxylic acids is 1. The van der Waals surface area contributed by atoms with Crippen LogP contribution in [0.25, 0.3) is 0 Å². The molecular formula is C9H16ClNOS. The Bertz CT molecular complexity index is 182. The van der Waals surface area contributed by atoms with Crippen LogP contribution >= 0.6 is 23.4 Å². The molecule has 4 heteroatoms. The van der Waals surface area contributed by atoms with Crippen molar-refractivity contribution >= 4 is 29.3 Å². The largest absolute Gasteiger partial charge is 0.355 e. The normalized spacial score (nSPS) is 18.3. The molecule has 0 heterocycles. The Morgan fingerprint density at radius 3 is 2.77 bits per heavy atom. The fourth-order valence-electron chi connectivity index (χ4n) is 1.36. The highest BCUT2D eigenvalue weighted by atomic mass is 35.5. The number of halogens is 1. The first kappa shape index (κ1) is 11.2. The Morgan fingerprint density at radius 1 is 1.62 bits per heavy atom. The zero-order valence-electron chi connectivity index (χ0n) is 7.94. The van der Waals surface area contributed by atoms with Crippen molar-refractivity contribution in [2.24, 2.45) is 5.41 Å². The van der Waals surface area contributed by atoms with Gasteiger partial charge in [-0.2, -0.15) is 11.8 Å².